The van der Waals surface area contributed by atoms with Gasteiger partial charge in [0.2, 0.25) is 0 Å². The van der Waals surface area contributed by atoms with Crippen LogP contribution in [0, 0.1) is 48.5 Å². The summed E-state index contributed by atoms with van der Waals surface area (Å²) in [5.74, 6) is 0. The topological polar surface area (TPSA) is 0 Å². The Morgan fingerprint density at radius 3 is 1.94 bits per heavy atom. The van der Waals surface area contributed by atoms with Crippen molar-refractivity contribution in [3.63, 3.8) is 0 Å². The molecule has 0 aliphatic heterocycles. The first-order chi connectivity index (χ1) is 8.97. The van der Waals surface area contributed by atoms with E-state index in [1.807, 2.05) is 24.3 Å². The van der Waals surface area contributed by atoms with Crippen LogP contribution in [-0.2, 0) is 0 Å². The maximum atomic E-state index is 3.04. The third kappa shape index (κ3) is 3.51. The lowest BCUT2D eigenvalue weighted by Gasteiger charge is -1.83. The maximum Gasteiger partial charge on any atom is 0.0412 e. The van der Waals surface area contributed by atoms with Crippen molar-refractivity contribution in [1.82, 2.24) is 0 Å². The van der Waals surface area contributed by atoms with Gasteiger partial charge >= 0.3 is 0 Å². The highest BCUT2D eigenvalue weighted by Crippen LogP contribution is 2.04. The molecule has 2 rings (SSSR count). The molecule has 0 aliphatic rings. The van der Waals surface area contributed by atoms with Crippen LogP contribution < -0.4 is 0 Å². The van der Waals surface area contributed by atoms with Gasteiger partial charge in [0.1, 0.15) is 0 Å². The molecule has 2 aromatic rings. The molecule has 0 nitrogen and oxygen atoms in total. The molecule has 0 aliphatic carbocycles. The summed E-state index contributed by atoms with van der Waals surface area (Å²) in [6.45, 7) is 0. The fraction of sp³-hybridized carbons (Fsp3) is 0. The van der Waals surface area contributed by atoms with Gasteiger partial charge in [-0.2, -0.15) is 0 Å². The molecule has 0 saturated heterocycles. The van der Waals surface area contributed by atoms with Crippen LogP contribution in [0.25, 0.3) is 10.8 Å². The summed E-state index contributed by atoms with van der Waals surface area (Å²) in [5.41, 5.74) is 0. The lowest BCUT2D eigenvalue weighted by atomic mass is 10.2. The van der Waals surface area contributed by atoms with Crippen LogP contribution in [0.3, 0.4) is 0 Å². The van der Waals surface area contributed by atoms with Gasteiger partial charge in [-0.3, -0.25) is 0 Å². The Labute approximate surface area is 108 Å². The van der Waals surface area contributed by atoms with Crippen molar-refractivity contribution in [2.45, 2.75) is 0 Å². The van der Waals surface area contributed by atoms with Crippen LogP contribution in [0.4, 0.5) is 0 Å². The first-order valence-corrected chi connectivity index (χ1v) is 5.40. The van der Waals surface area contributed by atoms with E-state index in [1.165, 1.54) is 0 Å². The van der Waals surface area contributed by atoms with Crippen LogP contribution in [0.5, 0.6) is 0 Å². The van der Waals surface area contributed by atoms with E-state index in [0.29, 0.717) is 0 Å². The van der Waals surface area contributed by atoms with E-state index in [2.05, 4.69) is 48.5 Å². The van der Waals surface area contributed by atoms with Gasteiger partial charge in [0.15, 0.2) is 0 Å². The highest BCUT2D eigenvalue weighted by Gasteiger charge is 1.82. The van der Waals surface area contributed by atoms with Gasteiger partial charge in [0, 0.05) is 10.8 Å². The van der Waals surface area contributed by atoms with Crippen molar-refractivity contribution in [3.05, 3.63) is 97.1 Å². The van der Waals surface area contributed by atoms with E-state index in [0.717, 1.165) is 10.8 Å². The molecule has 18 heavy (non-hydrogen) atoms. The van der Waals surface area contributed by atoms with Crippen LogP contribution in [0.2, 0.25) is 0 Å². The van der Waals surface area contributed by atoms with Gasteiger partial charge in [0.25, 0.3) is 0 Å². The Kier molecular flexibility index (Phi) is 4.13. The van der Waals surface area contributed by atoms with E-state index < -0.39 is 0 Å². The second-order valence-electron chi connectivity index (χ2n) is 3.29. The minimum absolute atomic E-state index is 0.889. The lowest BCUT2D eigenvalue weighted by molar-refractivity contribution is 1.79. The number of hydrogen-bond donors (Lipinski definition) is 0. The molecule has 0 amide bonds. The molecule has 0 spiro atoms. The molecule has 0 atom stereocenters. The smallest absolute Gasteiger partial charge is 0.0412 e. The molecule has 0 N–H and O–H groups in total. The largest absolute Gasteiger partial charge is 0.0696 e. The zero-order valence-corrected chi connectivity index (χ0v) is 9.62. The second-order valence-corrected chi connectivity index (χ2v) is 3.29. The fourth-order valence-electron chi connectivity index (χ4n) is 1.26. The summed E-state index contributed by atoms with van der Waals surface area (Å²) in [6.07, 6.45) is 0. The highest BCUT2D eigenvalue weighted by atomic mass is 13.8. The van der Waals surface area contributed by atoms with Crippen LogP contribution >= 0.6 is 0 Å². The van der Waals surface area contributed by atoms with Crippen molar-refractivity contribution in [2.75, 3.05) is 0 Å². The number of rotatable bonds is 0. The predicted molar refractivity (Wildman–Crippen MR) is 69.9 cm³/mol. The third-order valence-electron chi connectivity index (χ3n) is 2.05. The van der Waals surface area contributed by atoms with Crippen molar-refractivity contribution in [1.29, 1.82) is 0 Å². The molecule has 0 unspecified atom stereocenters. The Morgan fingerprint density at radius 2 is 1.17 bits per heavy atom. The third-order valence-corrected chi connectivity index (χ3v) is 2.05. The first kappa shape index (κ1) is 11.4. The summed E-state index contributed by atoms with van der Waals surface area (Å²) in [4.78, 5) is 0. The van der Waals surface area contributed by atoms with Gasteiger partial charge in [-0.25, -0.2) is 0 Å². The predicted octanol–water partition coefficient (Wildman–Crippen LogP) is 3.49. The van der Waals surface area contributed by atoms with Gasteiger partial charge in [-0.15, -0.1) is 0 Å². The normalized spacial score (nSPS) is 7.33. The molecular weight excluding hydrogens is 216 g/mol. The number of benzene rings is 1. The summed E-state index contributed by atoms with van der Waals surface area (Å²) < 4.78 is 0. The Balaban J connectivity index is 2.63. The molecule has 2 aromatic carbocycles. The SMILES string of the molecule is c1c#cc2ccccc2c#cccc#cccc#1. The molecule has 0 fully saturated rings. The number of fused-ring (bicyclic) bond motifs is 1. The van der Waals surface area contributed by atoms with E-state index in [1.54, 1.807) is 24.3 Å². The van der Waals surface area contributed by atoms with E-state index in [4.69, 9.17) is 0 Å². The first-order valence-electron chi connectivity index (χ1n) is 5.40. The quantitative estimate of drug-likeness (QED) is 0.642. The highest BCUT2D eigenvalue weighted by molar-refractivity contribution is 5.78. The minimum atomic E-state index is 0.889. The van der Waals surface area contributed by atoms with Gasteiger partial charge < -0.3 is 0 Å². The summed E-state index contributed by atoms with van der Waals surface area (Å²) in [7, 11) is 0. The Morgan fingerprint density at radius 1 is 0.556 bits per heavy atom. The Hall–Kier alpha value is -3.06. The molecule has 0 heterocycles. The Bertz CT molecular complexity index is 555. The molecule has 0 bridgehead atoms. The molecule has 0 heteroatoms. The summed E-state index contributed by atoms with van der Waals surface area (Å²) in [5, 5.41) is 1.79. The molecule has 0 aromatic heterocycles. The summed E-state index contributed by atoms with van der Waals surface area (Å²) >= 11 is 0. The van der Waals surface area contributed by atoms with Crippen molar-refractivity contribution < 1.29 is 0 Å². The van der Waals surface area contributed by atoms with Crippen molar-refractivity contribution in [2.24, 2.45) is 0 Å². The van der Waals surface area contributed by atoms with Crippen molar-refractivity contribution >= 4 is 10.8 Å². The van der Waals surface area contributed by atoms with E-state index in [-0.39, 0.29) is 0 Å². The van der Waals surface area contributed by atoms with Gasteiger partial charge in [-0.1, -0.05) is 48.5 Å². The monoisotopic (exact) mass is 224 g/mol. The van der Waals surface area contributed by atoms with Gasteiger partial charge in [0.05, 0.1) is 0 Å². The van der Waals surface area contributed by atoms with Crippen LogP contribution in [0.1, 0.15) is 0 Å². The van der Waals surface area contributed by atoms with Crippen molar-refractivity contribution in [3.8, 4) is 0 Å². The average molecular weight is 224 g/mol. The molecule has 0 saturated carbocycles. The molecule has 0 radical (unpaired) electrons. The lowest BCUT2D eigenvalue weighted by Crippen LogP contribution is -1.61. The van der Waals surface area contributed by atoms with Crippen LogP contribution in [-0.4, -0.2) is 0 Å². The average Bonchev–Trinajstić information content (AvgIpc) is 2.41. The van der Waals surface area contributed by atoms with Gasteiger partial charge in [-0.05, 0) is 48.5 Å². The number of hydrogen-bond acceptors (Lipinski definition) is 0. The summed E-state index contributed by atoms with van der Waals surface area (Å²) in [6, 6.07) is 37.5. The fourth-order valence-corrected chi connectivity index (χ4v) is 1.26. The van der Waals surface area contributed by atoms with E-state index in [9.17, 15) is 0 Å². The van der Waals surface area contributed by atoms with E-state index >= 15 is 0 Å². The second kappa shape index (κ2) is 6.51. The standard InChI is InChI=1S/C18H8/c1-2-4-6-8-10-14-18-16-12-11-15-17(18)13-9-7-5-3-1/h1,3,6,8,11-12,15-16H. The zero-order valence-electron chi connectivity index (χ0n) is 9.62. The molecular formula is C18H8. The maximum absolute atomic E-state index is 3.04. The minimum Gasteiger partial charge on any atom is -0.0696 e. The molecule has 80 valence electrons. The van der Waals surface area contributed by atoms with Crippen LogP contribution in [0.15, 0.2) is 48.5 Å². The zero-order chi connectivity index (χ0) is 12.5.